The molecule has 57 heavy (non-hydrogen) atoms. The summed E-state index contributed by atoms with van der Waals surface area (Å²) in [6.07, 6.45) is 8.17. The van der Waals surface area contributed by atoms with Gasteiger partial charge in [0.05, 0.1) is 22.4 Å². The molecule has 7 nitrogen and oxygen atoms in total. The molecule has 5 aromatic heterocycles. The first-order valence-corrected chi connectivity index (χ1v) is 18.4. The molecule has 0 spiro atoms. The molecule has 0 saturated heterocycles. The van der Waals surface area contributed by atoms with Gasteiger partial charge in [0, 0.05) is 57.9 Å². The Bertz CT molecular complexity index is 2480. The van der Waals surface area contributed by atoms with Crippen LogP contribution in [0.25, 0.3) is 55.7 Å². The molecule has 0 unspecified atom stereocenters. The summed E-state index contributed by atoms with van der Waals surface area (Å²) in [5, 5.41) is 5.26. The Morgan fingerprint density at radius 3 is 1.61 bits per heavy atom. The van der Waals surface area contributed by atoms with Crippen molar-refractivity contribution in [2.75, 3.05) is 0 Å². The average molecular weight is 919 g/mol. The van der Waals surface area contributed by atoms with Gasteiger partial charge in [-0.1, -0.05) is 72.8 Å². The summed E-state index contributed by atoms with van der Waals surface area (Å²) >= 11 is 0. The third-order valence-corrected chi connectivity index (χ3v) is 8.80. The summed E-state index contributed by atoms with van der Waals surface area (Å²) in [5.74, 6) is 0.0283. The van der Waals surface area contributed by atoms with E-state index in [0.29, 0.717) is 19.4 Å². The summed E-state index contributed by atoms with van der Waals surface area (Å²) < 4.78 is 0. The van der Waals surface area contributed by atoms with Gasteiger partial charge in [0.25, 0.3) is 0 Å². The van der Waals surface area contributed by atoms with Crippen LogP contribution in [0.4, 0.5) is 0 Å². The summed E-state index contributed by atoms with van der Waals surface area (Å²) in [6.45, 7) is 0.477. The molecule has 1 N–H and O–H groups in total. The van der Waals surface area contributed by atoms with Crippen LogP contribution in [0.3, 0.4) is 0 Å². The predicted octanol–water partition coefficient (Wildman–Crippen LogP) is 10.2. The number of aryl methyl sites for hydroxylation is 1. The number of benzene rings is 4. The Morgan fingerprint density at radius 1 is 0.509 bits per heavy atom. The molecule has 9 rings (SSSR count). The quantitative estimate of drug-likeness (QED) is 0.153. The first-order valence-electron chi connectivity index (χ1n) is 18.4. The topological polar surface area (TPSA) is 93.6 Å². The van der Waals surface area contributed by atoms with Crippen LogP contribution in [-0.2, 0) is 37.9 Å². The average Bonchev–Trinajstić information content (AvgIpc) is 3.29. The van der Waals surface area contributed by atoms with Crippen LogP contribution in [0, 0.1) is 12.1 Å². The van der Waals surface area contributed by atoms with Gasteiger partial charge in [-0.15, -0.1) is 71.8 Å². The Balaban J connectivity index is 0.000000148. The molecule has 0 fully saturated rings. The number of para-hydroxylation sites is 2. The Kier molecular flexibility index (Phi) is 14.6. The van der Waals surface area contributed by atoms with Crippen LogP contribution in [0.2, 0.25) is 0 Å². The second-order valence-electron chi connectivity index (χ2n) is 12.7. The normalized spacial score (nSPS) is 10.2. The smallest absolute Gasteiger partial charge is 0.220 e. The van der Waals surface area contributed by atoms with Crippen LogP contribution in [0.15, 0.2) is 189 Å². The summed E-state index contributed by atoms with van der Waals surface area (Å²) in [7, 11) is 0. The van der Waals surface area contributed by atoms with E-state index in [1.807, 2.05) is 140 Å². The largest absolute Gasteiger partial charge is 0.352 e. The molecule has 0 aliphatic rings. The first kappa shape index (κ1) is 39.9. The van der Waals surface area contributed by atoms with Gasteiger partial charge in [-0.2, -0.15) is 0 Å². The molecule has 281 valence electrons. The van der Waals surface area contributed by atoms with Crippen molar-refractivity contribution in [3.05, 3.63) is 212 Å². The number of fused-ring (bicyclic) bond motifs is 2. The molecule has 1 radical (unpaired) electrons. The van der Waals surface area contributed by atoms with Crippen molar-refractivity contribution >= 4 is 27.7 Å². The third kappa shape index (κ3) is 11.6. The fourth-order valence-corrected chi connectivity index (χ4v) is 5.83. The molecule has 8 heteroatoms. The zero-order chi connectivity index (χ0) is 38.2. The minimum absolute atomic E-state index is 0. The van der Waals surface area contributed by atoms with Gasteiger partial charge in [0.1, 0.15) is 0 Å². The molecule has 0 saturated carbocycles. The van der Waals surface area contributed by atoms with Crippen molar-refractivity contribution < 1.29 is 24.9 Å². The van der Waals surface area contributed by atoms with Crippen molar-refractivity contribution in [3.8, 4) is 33.9 Å². The van der Waals surface area contributed by atoms with Crippen molar-refractivity contribution in [1.29, 1.82) is 0 Å². The number of amides is 1. The Morgan fingerprint density at radius 2 is 1.07 bits per heavy atom. The number of carbonyl (C=O) groups excluding carboxylic acids is 1. The van der Waals surface area contributed by atoms with Crippen molar-refractivity contribution in [3.63, 3.8) is 0 Å². The number of carbonyl (C=O) groups is 1. The van der Waals surface area contributed by atoms with Gasteiger partial charge >= 0.3 is 0 Å². The van der Waals surface area contributed by atoms with E-state index >= 15 is 0 Å². The van der Waals surface area contributed by atoms with Gasteiger partial charge in [-0.25, -0.2) is 0 Å². The molecular formula is C49H38IrN6O-2. The minimum Gasteiger partial charge on any atom is -0.352 e. The summed E-state index contributed by atoms with van der Waals surface area (Å²) in [5.41, 5.74) is 9.80. The van der Waals surface area contributed by atoms with E-state index in [9.17, 15) is 4.79 Å². The molecule has 0 atom stereocenters. The number of aromatic nitrogens is 5. The van der Waals surface area contributed by atoms with Crippen molar-refractivity contribution in [1.82, 2.24) is 30.2 Å². The third-order valence-electron chi connectivity index (χ3n) is 8.80. The fraction of sp³-hybridized carbons (Fsp3) is 0.0612. The number of hydrogen-bond donors (Lipinski definition) is 1. The van der Waals surface area contributed by atoms with Crippen LogP contribution < -0.4 is 5.32 Å². The van der Waals surface area contributed by atoms with E-state index in [1.54, 1.807) is 24.8 Å². The molecule has 0 aliphatic carbocycles. The van der Waals surface area contributed by atoms with Gasteiger partial charge in [0.15, 0.2) is 0 Å². The van der Waals surface area contributed by atoms with E-state index in [2.05, 4.69) is 66.6 Å². The number of rotatable bonds is 8. The van der Waals surface area contributed by atoms with Crippen molar-refractivity contribution in [2.24, 2.45) is 0 Å². The molecular weight excluding hydrogens is 881 g/mol. The van der Waals surface area contributed by atoms with Gasteiger partial charge in [-0.05, 0) is 82.2 Å². The SMILES string of the molecule is O=C(CCc1ccncc1)NCc1ccc(-c2ccccn2)nc1.[Ir].[c-]1ccccc1-c1ccc2ccccc2n1.[c-]1ccccc1-c1ccc2ccccc2n1. The standard InChI is InChI=1S/C19H18N4O.2C15H10N.Ir/c24-19(7-5-15-8-11-20-12-9-15)23-14-16-4-6-18(22-13-16)17-3-1-2-10-21-17;2*1-2-6-12(7-3-1)15-11-10-13-8-4-5-9-14(13)16-15;/h1-4,6,8-13H,5,7,14H2,(H,23,24);2*1-6,8-11H;/q;2*-1;. The minimum atomic E-state index is 0. The maximum Gasteiger partial charge on any atom is 0.220 e. The Hall–Kier alpha value is -6.73. The first-order chi connectivity index (χ1) is 27.7. The van der Waals surface area contributed by atoms with Crippen LogP contribution in [0.5, 0.6) is 0 Å². The van der Waals surface area contributed by atoms with Crippen LogP contribution in [0.1, 0.15) is 17.5 Å². The second kappa shape index (κ2) is 20.8. The van der Waals surface area contributed by atoms with E-state index in [4.69, 9.17) is 0 Å². The molecule has 0 aliphatic heterocycles. The second-order valence-corrected chi connectivity index (χ2v) is 12.7. The van der Waals surface area contributed by atoms with Crippen LogP contribution in [-0.4, -0.2) is 30.8 Å². The molecule has 1 amide bonds. The fourth-order valence-electron chi connectivity index (χ4n) is 5.83. The maximum atomic E-state index is 11.9. The van der Waals surface area contributed by atoms with Gasteiger partial charge in [0.2, 0.25) is 5.91 Å². The van der Waals surface area contributed by atoms with E-state index in [-0.39, 0.29) is 26.0 Å². The van der Waals surface area contributed by atoms with Crippen LogP contribution >= 0.6 is 0 Å². The van der Waals surface area contributed by atoms with E-state index < -0.39 is 0 Å². The van der Waals surface area contributed by atoms with Crippen molar-refractivity contribution in [2.45, 2.75) is 19.4 Å². The molecule has 5 heterocycles. The number of pyridine rings is 5. The predicted molar refractivity (Wildman–Crippen MR) is 224 cm³/mol. The van der Waals surface area contributed by atoms with E-state index in [0.717, 1.165) is 56.1 Å². The summed E-state index contributed by atoms with van der Waals surface area (Å²) in [6, 6.07) is 60.2. The summed E-state index contributed by atoms with van der Waals surface area (Å²) in [4.78, 5) is 33.8. The Labute approximate surface area is 346 Å². The molecule has 9 aromatic rings. The van der Waals surface area contributed by atoms with Gasteiger partial charge < -0.3 is 5.32 Å². The van der Waals surface area contributed by atoms with Gasteiger partial charge in [-0.3, -0.25) is 29.7 Å². The zero-order valence-electron chi connectivity index (χ0n) is 31.0. The zero-order valence-corrected chi connectivity index (χ0v) is 33.4. The monoisotopic (exact) mass is 919 g/mol. The van der Waals surface area contributed by atoms with E-state index in [1.165, 1.54) is 10.8 Å². The molecule has 0 bridgehead atoms. The number of nitrogens with one attached hydrogen (secondary N) is 1. The number of hydrogen-bond acceptors (Lipinski definition) is 6. The molecule has 4 aromatic carbocycles. The number of nitrogens with zero attached hydrogens (tertiary/aromatic N) is 5. The maximum absolute atomic E-state index is 11.9.